The van der Waals surface area contributed by atoms with Crippen molar-refractivity contribution in [2.24, 2.45) is 0 Å². The molecule has 0 radical (unpaired) electrons. The lowest BCUT2D eigenvalue weighted by Gasteiger charge is -2.34. The summed E-state index contributed by atoms with van der Waals surface area (Å²) in [7, 11) is 0. The zero-order chi connectivity index (χ0) is 16.2. The summed E-state index contributed by atoms with van der Waals surface area (Å²) in [5.41, 5.74) is 0.513. The van der Waals surface area contributed by atoms with Crippen LogP contribution in [0.5, 0.6) is 0 Å². The number of nitrogens with one attached hydrogen (secondary N) is 1. The standard InChI is InChI=1S/C18H21F2N3/c1-13(16-6-5-14(19)12-17(16)20)22-15-7-10-23(11-8-15)18-4-2-3-9-21-18/h2-6,9,12-13,15,22H,7-8,10-11H2,1H3/t13-/m1/s1. The van der Waals surface area contributed by atoms with Gasteiger partial charge in [-0.2, -0.15) is 0 Å². The Kier molecular flexibility index (Phi) is 4.86. The maximum Gasteiger partial charge on any atom is 0.130 e. The van der Waals surface area contributed by atoms with Gasteiger partial charge in [-0.05, 0) is 38.0 Å². The van der Waals surface area contributed by atoms with E-state index >= 15 is 0 Å². The first-order valence-electron chi connectivity index (χ1n) is 8.00. The van der Waals surface area contributed by atoms with Crippen molar-refractivity contribution < 1.29 is 8.78 Å². The number of hydrogen-bond donors (Lipinski definition) is 1. The molecule has 1 atom stereocenters. The minimum Gasteiger partial charge on any atom is -0.357 e. The highest BCUT2D eigenvalue weighted by Gasteiger charge is 2.22. The lowest BCUT2D eigenvalue weighted by molar-refractivity contribution is 0.374. The second kappa shape index (κ2) is 7.04. The Morgan fingerprint density at radius 3 is 2.61 bits per heavy atom. The van der Waals surface area contributed by atoms with Gasteiger partial charge in [-0.3, -0.25) is 0 Å². The lowest BCUT2D eigenvalue weighted by atomic mass is 10.0. The smallest absolute Gasteiger partial charge is 0.130 e. The maximum absolute atomic E-state index is 13.8. The fourth-order valence-corrected chi connectivity index (χ4v) is 3.11. The van der Waals surface area contributed by atoms with E-state index in [9.17, 15) is 8.78 Å². The Morgan fingerprint density at radius 2 is 1.96 bits per heavy atom. The molecule has 0 bridgehead atoms. The van der Waals surface area contributed by atoms with E-state index in [1.165, 1.54) is 12.1 Å². The largest absolute Gasteiger partial charge is 0.357 e. The molecule has 0 unspecified atom stereocenters. The van der Waals surface area contributed by atoms with Crippen molar-refractivity contribution in [3.8, 4) is 0 Å². The Labute approximate surface area is 135 Å². The van der Waals surface area contributed by atoms with Gasteiger partial charge in [0.2, 0.25) is 0 Å². The van der Waals surface area contributed by atoms with Gasteiger partial charge in [-0.25, -0.2) is 13.8 Å². The van der Waals surface area contributed by atoms with Crippen molar-refractivity contribution in [1.82, 2.24) is 10.3 Å². The summed E-state index contributed by atoms with van der Waals surface area (Å²) in [6.45, 7) is 3.77. The molecule has 0 spiro atoms. The number of aromatic nitrogens is 1. The first-order chi connectivity index (χ1) is 11.1. The average molecular weight is 317 g/mol. The molecule has 1 aliphatic heterocycles. The molecular formula is C18H21F2N3. The number of nitrogens with zero attached hydrogens (tertiary/aromatic N) is 2. The minimum atomic E-state index is -0.540. The monoisotopic (exact) mass is 317 g/mol. The first-order valence-corrected chi connectivity index (χ1v) is 8.00. The molecular weight excluding hydrogens is 296 g/mol. The van der Waals surface area contributed by atoms with Gasteiger partial charge in [0.05, 0.1) is 0 Å². The van der Waals surface area contributed by atoms with E-state index in [2.05, 4.69) is 15.2 Å². The predicted octanol–water partition coefficient (Wildman–Crippen LogP) is 3.68. The molecule has 0 aliphatic carbocycles. The molecule has 2 aromatic rings. The number of halogens is 2. The SMILES string of the molecule is C[C@@H](NC1CCN(c2ccccn2)CC1)c1ccc(F)cc1F. The molecule has 5 heteroatoms. The molecule has 0 amide bonds. The number of benzene rings is 1. The summed E-state index contributed by atoms with van der Waals surface area (Å²) >= 11 is 0. The summed E-state index contributed by atoms with van der Waals surface area (Å²) < 4.78 is 26.8. The second-order valence-corrected chi connectivity index (χ2v) is 6.00. The summed E-state index contributed by atoms with van der Waals surface area (Å²) in [6, 6.07) is 9.88. The number of piperidine rings is 1. The third-order valence-corrected chi connectivity index (χ3v) is 4.38. The van der Waals surface area contributed by atoms with E-state index in [0.717, 1.165) is 37.8 Å². The average Bonchev–Trinajstić information content (AvgIpc) is 2.56. The molecule has 1 aliphatic rings. The molecule has 1 N–H and O–H groups in total. The van der Waals surface area contributed by atoms with Gasteiger partial charge in [0.1, 0.15) is 17.5 Å². The molecule has 23 heavy (non-hydrogen) atoms. The molecule has 3 nitrogen and oxygen atoms in total. The van der Waals surface area contributed by atoms with Crippen LogP contribution in [-0.2, 0) is 0 Å². The van der Waals surface area contributed by atoms with Gasteiger partial charge >= 0.3 is 0 Å². The van der Waals surface area contributed by atoms with Gasteiger partial charge in [-0.15, -0.1) is 0 Å². The zero-order valence-corrected chi connectivity index (χ0v) is 13.2. The topological polar surface area (TPSA) is 28.2 Å². The highest BCUT2D eigenvalue weighted by molar-refractivity contribution is 5.38. The van der Waals surface area contributed by atoms with Crippen LogP contribution >= 0.6 is 0 Å². The fraction of sp³-hybridized carbons (Fsp3) is 0.389. The lowest BCUT2D eigenvalue weighted by Crippen LogP contribution is -2.43. The third kappa shape index (κ3) is 3.85. The Balaban J connectivity index is 1.56. The number of hydrogen-bond acceptors (Lipinski definition) is 3. The predicted molar refractivity (Wildman–Crippen MR) is 87.4 cm³/mol. The minimum absolute atomic E-state index is 0.137. The summed E-state index contributed by atoms with van der Waals surface area (Å²) in [6.07, 6.45) is 3.76. The molecule has 1 saturated heterocycles. The van der Waals surface area contributed by atoms with Crippen LogP contribution in [0.4, 0.5) is 14.6 Å². The van der Waals surface area contributed by atoms with Crippen molar-refractivity contribution in [1.29, 1.82) is 0 Å². The van der Waals surface area contributed by atoms with E-state index in [1.54, 1.807) is 6.20 Å². The highest BCUT2D eigenvalue weighted by atomic mass is 19.1. The molecule has 122 valence electrons. The normalized spacial score (nSPS) is 17.3. The van der Waals surface area contributed by atoms with Crippen molar-refractivity contribution >= 4 is 5.82 Å². The van der Waals surface area contributed by atoms with E-state index < -0.39 is 11.6 Å². The van der Waals surface area contributed by atoms with Crippen molar-refractivity contribution in [3.05, 3.63) is 59.8 Å². The summed E-state index contributed by atoms with van der Waals surface area (Å²) in [4.78, 5) is 6.64. The molecule has 1 aromatic heterocycles. The zero-order valence-electron chi connectivity index (χ0n) is 13.2. The molecule has 3 rings (SSSR count). The Bertz CT molecular complexity index is 640. The van der Waals surface area contributed by atoms with Gasteiger partial charge in [0.25, 0.3) is 0 Å². The van der Waals surface area contributed by atoms with E-state index in [-0.39, 0.29) is 6.04 Å². The summed E-state index contributed by atoms with van der Waals surface area (Å²) in [5.74, 6) is -0.0263. The number of pyridine rings is 1. The fourth-order valence-electron chi connectivity index (χ4n) is 3.11. The number of anilines is 1. The highest BCUT2D eigenvalue weighted by Crippen LogP contribution is 2.22. The van der Waals surface area contributed by atoms with Crippen LogP contribution in [0, 0.1) is 11.6 Å². The van der Waals surface area contributed by atoms with Crippen LogP contribution in [0.3, 0.4) is 0 Å². The van der Waals surface area contributed by atoms with Crippen molar-refractivity contribution in [2.75, 3.05) is 18.0 Å². The Morgan fingerprint density at radius 1 is 1.17 bits per heavy atom. The molecule has 1 fully saturated rings. The summed E-state index contributed by atoms with van der Waals surface area (Å²) in [5, 5.41) is 3.46. The first kappa shape index (κ1) is 15.9. The van der Waals surface area contributed by atoms with Crippen LogP contribution in [-0.4, -0.2) is 24.1 Å². The van der Waals surface area contributed by atoms with Crippen molar-refractivity contribution in [3.63, 3.8) is 0 Å². The van der Waals surface area contributed by atoms with Gasteiger partial charge < -0.3 is 10.2 Å². The van der Waals surface area contributed by atoms with Crippen LogP contribution in [0.1, 0.15) is 31.4 Å². The van der Waals surface area contributed by atoms with Gasteiger partial charge in [0, 0.05) is 43.0 Å². The van der Waals surface area contributed by atoms with Crippen molar-refractivity contribution in [2.45, 2.75) is 31.8 Å². The van der Waals surface area contributed by atoms with E-state index in [1.807, 2.05) is 25.1 Å². The number of rotatable bonds is 4. The maximum atomic E-state index is 13.8. The van der Waals surface area contributed by atoms with Gasteiger partial charge in [0.15, 0.2) is 0 Å². The Hall–Kier alpha value is -2.01. The second-order valence-electron chi connectivity index (χ2n) is 6.00. The molecule has 1 aromatic carbocycles. The quantitative estimate of drug-likeness (QED) is 0.932. The van der Waals surface area contributed by atoms with E-state index in [4.69, 9.17) is 0 Å². The van der Waals surface area contributed by atoms with Crippen LogP contribution in [0.2, 0.25) is 0 Å². The van der Waals surface area contributed by atoms with Crippen LogP contribution in [0.15, 0.2) is 42.6 Å². The third-order valence-electron chi connectivity index (χ3n) is 4.38. The van der Waals surface area contributed by atoms with Crippen LogP contribution in [0.25, 0.3) is 0 Å². The van der Waals surface area contributed by atoms with E-state index in [0.29, 0.717) is 11.6 Å². The van der Waals surface area contributed by atoms with Crippen LogP contribution < -0.4 is 10.2 Å². The van der Waals surface area contributed by atoms with Gasteiger partial charge in [-0.1, -0.05) is 12.1 Å². The molecule has 0 saturated carbocycles. The molecule has 2 heterocycles.